The van der Waals surface area contributed by atoms with E-state index in [2.05, 4.69) is 34.2 Å². The minimum absolute atomic E-state index is 0.734. The predicted octanol–water partition coefficient (Wildman–Crippen LogP) is 3.11. The molecular weight excluding hydrogens is 256 g/mol. The lowest BCUT2D eigenvalue weighted by atomic mass is 10.2. The van der Waals surface area contributed by atoms with Gasteiger partial charge in [0.05, 0.1) is 0 Å². The molecule has 0 atom stereocenters. The third kappa shape index (κ3) is 3.70. The van der Waals surface area contributed by atoms with E-state index in [1.54, 1.807) is 11.8 Å². The van der Waals surface area contributed by atoms with Crippen LogP contribution in [0.3, 0.4) is 0 Å². The molecule has 3 nitrogen and oxygen atoms in total. The van der Waals surface area contributed by atoms with Crippen LogP contribution in [0.5, 0.6) is 0 Å². The lowest BCUT2D eigenvalue weighted by molar-refractivity contribution is -0.104. The van der Waals surface area contributed by atoms with Gasteiger partial charge in [0.1, 0.15) is 11.3 Å². The number of hydrogen-bond donors (Lipinski definition) is 0. The molecule has 100 valence electrons. The van der Waals surface area contributed by atoms with Gasteiger partial charge in [-0.1, -0.05) is 12.1 Å². The summed E-state index contributed by atoms with van der Waals surface area (Å²) in [5.41, 5.74) is 2.37. The van der Waals surface area contributed by atoms with Crippen molar-refractivity contribution in [1.82, 2.24) is 0 Å². The van der Waals surface area contributed by atoms with Gasteiger partial charge in [0.25, 0.3) is 0 Å². The van der Waals surface area contributed by atoms with Gasteiger partial charge in [0, 0.05) is 30.5 Å². The van der Waals surface area contributed by atoms with Crippen LogP contribution in [0.1, 0.15) is 18.4 Å². The number of nitrogens with zero attached hydrogens (tertiary/aromatic N) is 2. The second-order valence-electron chi connectivity index (χ2n) is 4.36. The lowest BCUT2D eigenvalue weighted by Gasteiger charge is -2.17. The Morgan fingerprint density at radius 1 is 1.26 bits per heavy atom. The summed E-state index contributed by atoms with van der Waals surface area (Å²) in [6.45, 7) is 2.32. The second kappa shape index (κ2) is 7.14. The molecule has 19 heavy (non-hydrogen) atoms. The molecule has 0 aromatic heterocycles. The number of carbonyl (C=O) groups excluding carboxylic acids is 1. The highest BCUT2D eigenvalue weighted by Gasteiger charge is 2.12. The van der Waals surface area contributed by atoms with Crippen LogP contribution < -0.4 is 4.90 Å². The predicted molar refractivity (Wildman–Crippen MR) is 83.1 cm³/mol. The van der Waals surface area contributed by atoms with Crippen molar-refractivity contribution in [3.63, 3.8) is 0 Å². The fourth-order valence-electron chi connectivity index (χ4n) is 2.18. The van der Waals surface area contributed by atoms with Crippen LogP contribution in [0.2, 0.25) is 0 Å². The summed E-state index contributed by atoms with van der Waals surface area (Å²) in [6, 6.07) is 8.49. The summed E-state index contributed by atoms with van der Waals surface area (Å²) in [5.74, 6) is 0. The molecule has 1 saturated heterocycles. The zero-order valence-electron chi connectivity index (χ0n) is 11.1. The van der Waals surface area contributed by atoms with Crippen LogP contribution in [0.15, 0.2) is 41.5 Å². The van der Waals surface area contributed by atoms with Crippen LogP contribution in [0.4, 0.5) is 5.69 Å². The van der Waals surface area contributed by atoms with Crippen LogP contribution in [0.25, 0.3) is 0 Å². The molecule has 1 heterocycles. The van der Waals surface area contributed by atoms with E-state index in [0.717, 1.165) is 30.0 Å². The molecule has 0 unspecified atom stereocenters. The molecular formula is C15H18N2OS. The van der Waals surface area contributed by atoms with Gasteiger partial charge in [-0.3, -0.25) is 4.79 Å². The van der Waals surface area contributed by atoms with E-state index in [0.29, 0.717) is 0 Å². The fraction of sp³-hybridized carbons (Fsp3) is 0.333. The van der Waals surface area contributed by atoms with Crippen LogP contribution in [-0.2, 0) is 4.79 Å². The van der Waals surface area contributed by atoms with Crippen LogP contribution in [0, 0.1) is 0 Å². The van der Waals surface area contributed by atoms with Crippen molar-refractivity contribution in [2.75, 3.05) is 24.2 Å². The quantitative estimate of drug-likeness (QED) is 0.366. The Bertz CT molecular complexity index is 473. The second-order valence-corrected chi connectivity index (χ2v) is 5.15. The fourth-order valence-corrected chi connectivity index (χ4v) is 2.72. The zero-order chi connectivity index (χ0) is 13.5. The molecule has 0 radical (unpaired) electrons. The number of benzene rings is 1. The molecule has 0 aliphatic carbocycles. The number of anilines is 1. The Morgan fingerprint density at radius 3 is 2.53 bits per heavy atom. The van der Waals surface area contributed by atoms with Gasteiger partial charge in [0.2, 0.25) is 0 Å². The number of carbonyl (C=O) groups is 1. The summed E-state index contributed by atoms with van der Waals surface area (Å²) in [7, 11) is 0. The van der Waals surface area contributed by atoms with E-state index >= 15 is 0 Å². The minimum Gasteiger partial charge on any atom is -0.372 e. The maximum Gasteiger partial charge on any atom is 0.144 e. The van der Waals surface area contributed by atoms with Crippen molar-refractivity contribution >= 4 is 28.8 Å². The first kappa shape index (κ1) is 13.9. The lowest BCUT2D eigenvalue weighted by Crippen LogP contribution is -2.17. The molecule has 1 aliphatic rings. The van der Waals surface area contributed by atoms with Crippen molar-refractivity contribution in [1.29, 1.82) is 0 Å². The van der Waals surface area contributed by atoms with Crippen molar-refractivity contribution in [2.45, 2.75) is 12.8 Å². The van der Waals surface area contributed by atoms with Gasteiger partial charge in [-0.25, -0.2) is 4.99 Å². The summed E-state index contributed by atoms with van der Waals surface area (Å²) >= 11 is 1.58. The van der Waals surface area contributed by atoms with Gasteiger partial charge >= 0.3 is 0 Å². The van der Waals surface area contributed by atoms with E-state index in [-0.39, 0.29) is 0 Å². The normalized spacial score (nSPS) is 16.3. The highest BCUT2D eigenvalue weighted by atomic mass is 32.2. The summed E-state index contributed by atoms with van der Waals surface area (Å²) in [6.07, 6.45) is 8.23. The SMILES string of the molecule is CSC(=N/C=C/C=O)c1ccc(N2CCCC2)cc1. The molecule has 0 spiro atoms. The molecule has 0 bridgehead atoms. The average molecular weight is 274 g/mol. The highest BCUT2D eigenvalue weighted by Crippen LogP contribution is 2.22. The van der Waals surface area contributed by atoms with Gasteiger partial charge in [-0.05, 0) is 37.3 Å². The molecule has 1 aliphatic heterocycles. The molecule has 0 saturated carbocycles. The number of aldehydes is 1. The van der Waals surface area contributed by atoms with Gasteiger partial charge in [-0.2, -0.15) is 0 Å². The molecule has 0 amide bonds. The Balaban J connectivity index is 2.13. The number of aliphatic imine (C=N–C) groups is 1. The smallest absolute Gasteiger partial charge is 0.144 e. The largest absolute Gasteiger partial charge is 0.372 e. The van der Waals surface area contributed by atoms with E-state index in [1.807, 2.05) is 6.26 Å². The number of allylic oxidation sites excluding steroid dienone is 1. The van der Waals surface area contributed by atoms with E-state index in [1.165, 1.54) is 30.8 Å². The van der Waals surface area contributed by atoms with Crippen molar-refractivity contribution < 1.29 is 4.79 Å². The van der Waals surface area contributed by atoms with Gasteiger partial charge < -0.3 is 4.90 Å². The minimum atomic E-state index is 0.734. The summed E-state index contributed by atoms with van der Waals surface area (Å²) < 4.78 is 0. The maximum absolute atomic E-state index is 10.2. The van der Waals surface area contributed by atoms with Crippen LogP contribution in [-0.4, -0.2) is 30.7 Å². The number of hydrogen-bond acceptors (Lipinski definition) is 4. The van der Waals surface area contributed by atoms with E-state index < -0.39 is 0 Å². The Morgan fingerprint density at radius 2 is 1.95 bits per heavy atom. The third-order valence-electron chi connectivity index (χ3n) is 3.14. The Kier molecular flexibility index (Phi) is 5.21. The zero-order valence-corrected chi connectivity index (χ0v) is 11.9. The molecule has 1 fully saturated rings. The number of thioether (sulfide) groups is 1. The van der Waals surface area contributed by atoms with E-state index in [9.17, 15) is 4.79 Å². The molecule has 1 aromatic carbocycles. The average Bonchev–Trinajstić information content (AvgIpc) is 2.98. The third-order valence-corrected chi connectivity index (χ3v) is 3.86. The summed E-state index contributed by atoms with van der Waals surface area (Å²) in [5, 5.41) is 0.922. The molecule has 4 heteroatoms. The Labute approximate surface area is 118 Å². The standard InChI is InChI=1S/C15H18N2OS/c1-19-15(16-9-4-12-18)13-5-7-14(8-6-13)17-10-2-3-11-17/h4-9,12H,2-3,10-11H2,1H3/b9-4+,16-15?. The first-order valence-corrected chi connectivity index (χ1v) is 7.65. The summed E-state index contributed by atoms with van der Waals surface area (Å²) in [4.78, 5) is 16.9. The first-order chi connectivity index (χ1) is 9.35. The van der Waals surface area contributed by atoms with Crippen LogP contribution >= 0.6 is 11.8 Å². The topological polar surface area (TPSA) is 32.7 Å². The number of rotatable bonds is 4. The Hall–Kier alpha value is -1.55. The molecule has 2 rings (SSSR count). The van der Waals surface area contributed by atoms with Crippen molar-refractivity contribution in [2.24, 2.45) is 4.99 Å². The van der Waals surface area contributed by atoms with Gasteiger partial charge in [0.15, 0.2) is 0 Å². The van der Waals surface area contributed by atoms with Crippen molar-refractivity contribution in [3.05, 3.63) is 42.1 Å². The van der Waals surface area contributed by atoms with Crippen molar-refractivity contribution in [3.8, 4) is 0 Å². The van der Waals surface area contributed by atoms with Gasteiger partial charge in [-0.15, -0.1) is 11.8 Å². The highest BCUT2D eigenvalue weighted by molar-refractivity contribution is 8.13. The first-order valence-electron chi connectivity index (χ1n) is 6.42. The molecule has 0 N–H and O–H groups in total. The monoisotopic (exact) mass is 274 g/mol. The molecule has 1 aromatic rings. The maximum atomic E-state index is 10.2. The van der Waals surface area contributed by atoms with E-state index in [4.69, 9.17) is 0 Å².